The fourth-order valence-corrected chi connectivity index (χ4v) is 4.39. The maximum Gasteiger partial charge on any atom is 0.472 e. The number of nitrogens with two attached hydrogens (primary N) is 1. The molecule has 0 amide bonds. The Kier molecular flexibility index (Phi) is 21.5. The highest BCUT2D eigenvalue weighted by Crippen LogP contribution is 2.44. The Morgan fingerprint density at radius 3 is 1.71 bits per heavy atom. The van der Waals surface area contributed by atoms with Crippen LogP contribution in [0.1, 0.15) is 110 Å². The van der Waals surface area contributed by atoms with Gasteiger partial charge in [-0.25, -0.2) is 4.57 Å². The first-order chi connectivity index (χ1) is 16.7. The van der Waals surface area contributed by atoms with Gasteiger partial charge >= 0.3 is 19.8 Å². The van der Waals surface area contributed by atoms with Crippen molar-refractivity contribution < 1.29 is 43.0 Å². The summed E-state index contributed by atoms with van der Waals surface area (Å²) < 4.78 is 26.0. The zero-order valence-electron chi connectivity index (χ0n) is 21.4. The first kappa shape index (κ1) is 34.0. The van der Waals surface area contributed by atoms with Crippen LogP contribution >= 0.6 is 7.82 Å². The summed E-state index contributed by atoms with van der Waals surface area (Å²) in [5.41, 5.74) is 5.18. The molecule has 0 aromatic carbocycles. The molecule has 3 atom stereocenters. The molecule has 0 radical (unpaired) electrons. The van der Waals surface area contributed by atoms with E-state index in [0.717, 1.165) is 19.3 Å². The molecule has 0 aliphatic heterocycles. The third-order valence-corrected chi connectivity index (χ3v) is 6.67. The second kappa shape index (κ2) is 22.2. The molecule has 0 aromatic heterocycles. The van der Waals surface area contributed by atoms with Crippen molar-refractivity contribution in [1.29, 1.82) is 0 Å². The van der Waals surface area contributed by atoms with Crippen LogP contribution in [0, 0.1) is 0 Å². The molecule has 0 saturated carbocycles. The molecule has 0 rings (SSSR count). The average Bonchev–Trinajstić information content (AvgIpc) is 2.82. The first-order valence-corrected chi connectivity index (χ1v) is 14.6. The highest BCUT2D eigenvalue weighted by Gasteiger charge is 2.29. The predicted molar refractivity (Wildman–Crippen MR) is 134 cm³/mol. The van der Waals surface area contributed by atoms with Crippen molar-refractivity contribution in [3.63, 3.8) is 0 Å². The maximum atomic E-state index is 11.8. The van der Waals surface area contributed by atoms with E-state index in [1.807, 2.05) is 0 Å². The molecule has 10 nitrogen and oxygen atoms in total. The number of rotatable bonds is 25. The van der Waals surface area contributed by atoms with Crippen molar-refractivity contribution in [3.8, 4) is 0 Å². The lowest BCUT2D eigenvalue weighted by Gasteiger charge is -2.19. The molecule has 0 heterocycles. The smallest absolute Gasteiger partial charge is 0.472 e. The van der Waals surface area contributed by atoms with Crippen LogP contribution < -0.4 is 5.73 Å². The summed E-state index contributed by atoms with van der Waals surface area (Å²) >= 11 is 0. The van der Waals surface area contributed by atoms with Crippen molar-refractivity contribution in [3.05, 3.63) is 0 Å². The topological polar surface area (TPSA) is 166 Å². The molecule has 35 heavy (non-hydrogen) atoms. The second-order valence-electron chi connectivity index (χ2n) is 9.00. The van der Waals surface area contributed by atoms with Crippen LogP contribution in [0.5, 0.6) is 0 Å². The predicted octanol–water partition coefficient (Wildman–Crippen LogP) is 4.70. The summed E-state index contributed by atoms with van der Waals surface area (Å²) in [4.78, 5) is 32.0. The number of hydrogen-bond acceptors (Lipinski definition) is 8. The minimum absolute atomic E-state index is 0.219. The molecule has 0 fully saturated rings. The van der Waals surface area contributed by atoms with E-state index >= 15 is 0 Å². The van der Waals surface area contributed by atoms with E-state index in [4.69, 9.17) is 20.1 Å². The Morgan fingerprint density at radius 1 is 0.829 bits per heavy atom. The Hall–Kier alpha value is -1.03. The molecule has 208 valence electrons. The number of phosphoric ester groups is 1. The van der Waals surface area contributed by atoms with E-state index in [2.05, 4.69) is 11.4 Å². The van der Waals surface area contributed by atoms with Crippen molar-refractivity contribution in [2.24, 2.45) is 5.73 Å². The Bertz CT molecular complexity index is 591. The van der Waals surface area contributed by atoms with Gasteiger partial charge in [0.25, 0.3) is 0 Å². The lowest BCUT2D eigenvalue weighted by atomic mass is 10.0. The molecule has 0 aliphatic rings. The zero-order chi connectivity index (χ0) is 26.4. The van der Waals surface area contributed by atoms with E-state index in [-0.39, 0.29) is 6.42 Å². The van der Waals surface area contributed by atoms with Gasteiger partial charge in [0.2, 0.25) is 0 Å². The fraction of sp³-hybridized carbons (Fsp3) is 0.917. The van der Waals surface area contributed by atoms with Crippen LogP contribution in [0.3, 0.4) is 0 Å². The van der Waals surface area contributed by atoms with Gasteiger partial charge in [-0.1, -0.05) is 96.8 Å². The number of unbranched alkanes of at least 4 members (excludes halogenated alkanes) is 14. The van der Waals surface area contributed by atoms with Gasteiger partial charge in [-0.2, -0.15) is 0 Å². The van der Waals surface area contributed by atoms with Gasteiger partial charge in [0.1, 0.15) is 18.8 Å². The van der Waals surface area contributed by atoms with E-state index in [0.29, 0.717) is 6.42 Å². The lowest BCUT2D eigenvalue weighted by Crippen LogP contribution is -2.35. The molecule has 0 aliphatic carbocycles. The van der Waals surface area contributed by atoms with Gasteiger partial charge in [-0.15, -0.1) is 0 Å². The molecule has 1 unspecified atom stereocenters. The van der Waals surface area contributed by atoms with E-state index in [1.54, 1.807) is 0 Å². The number of carboxylic acids is 1. The van der Waals surface area contributed by atoms with Crippen molar-refractivity contribution in [1.82, 2.24) is 0 Å². The van der Waals surface area contributed by atoms with Crippen LogP contribution in [0.15, 0.2) is 0 Å². The number of carboxylic acid groups (broad SMARTS) is 1. The molecular formula is C24H48NO9P. The largest absolute Gasteiger partial charge is 0.480 e. The third-order valence-electron chi connectivity index (χ3n) is 5.64. The molecule has 5 N–H and O–H groups in total. The summed E-state index contributed by atoms with van der Waals surface area (Å²) in [6, 6.07) is -1.50. The summed E-state index contributed by atoms with van der Waals surface area (Å²) in [6.45, 7) is 0.379. The molecule has 0 saturated heterocycles. The van der Waals surface area contributed by atoms with Crippen molar-refractivity contribution >= 4 is 19.8 Å². The summed E-state index contributed by atoms with van der Waals surface area (Å²) in [7, 11) is -4.67. The van der Waals surface area contributed by atoms with E-state index in [9.17, 15) is 24.2 Å². The van der Waals surface area contributed by atoms with E-state index in [1.165, 1.54) is 70.6 Å². The number of ether oxygens (including phenoxy) is 1. The van der Waals surface area contributed by atoms with Gasteiger partial charge in [-0.3, -0.25) is 18.6 Å². The standard InChI is InChI=1S/C24H48NO9P/c1-2-3-4-5-6-7-8-9-10-11-12-13-14-15-16-17-23(27)32-19-21(18-26)34-35(30,31)33-20-22(25)24(28)29/h21-22,26H,2-20,25H2,1H3,(H,28,29)(H,30,31)/t21-,22-/m0/s1. The number of carbonyl (C=O) groups excluding carboxylic acids is 1. The number of aliphatic hydroxyl groups is 1. The van der Waals surface area contributed by atoms with Crippen LogP contribution in [0.25, 0.3) is 0 Å². The minimum Gasteiger partial charge on any atom is -0.480 e. The number of carbonyl (C=O) groups is 2. The summed E-state index contributed by atoms with van der Waals surface area (Å²) in [5, 5.41) is 17.9. The third kappa shape index (κ3) is 21.9. The normalized spacial score (nSPS) is 14.9. The number of aliphatic carboxylic acids is 1. The first-order valence-electron chi connectivity index (χ1n) is 13.1. The highest BCUT2D eigenvalue weighted by atomic mass is 31.2. The van der Waals surface area contributed by atoms with Crippen molar-refractivity contribution in [2.75, 3.05) is 19.8 Å². The van der Waals surface area contributed by atoms with Gasteiger partial charge < -0.3 is 25.6 Å². The van der Waals surface area contributed by atoms with Crippen LogP contribution in [0.2, 0.25) is 0 Å². The average molecular weight is 526 g/mol. The van der Waals surface area contributed by atoms with Crippen LogP contribution in [0.4, 0.5) is 0 Å². The number of aliphatic hydroxyl groups excluding tert-OH is 1. The van der Waals surface area contributed by atoms with Crippen molar-refractivity contribution in [2.45, 2.75) is 122 Å². The quantitative estimate of drug-likeness (QED) is 0.0745. The van der Waals surface area contributed by atoms with Gasteiger partial charge in [0.05, 0.1) is 13.2 Å². The monoisotopic (exact) mass is 525 g/mol. The molecule has 0 aromatic rings. The SMILES string of the molecule is CCCCCCCCCCCCCCCCCC(=O)OC[C@H](CO)OP(=O)(O)OC[C@H](N)C(=O)O. The van der Waals surface area contributed by atoms with Crippen LogP contribution in [-0.4, -0.2) is 59.0 Å². The Labute approximate surface area is 210 Å². The van der Waals surface area contributed by atoms with Gasteiger partial charge in [0.15, 0.2) is 0 Å². The van der Waals surface area contributed by atoms with Gasteiger partial charge in [-0.05, 0) is 6.42 Å². The molecular weight excluding hydrogens is 477 g/mol. The highest BCUT2D eigenvalue weighted by molar-refractivity contribution is 7.47. The summed E-state index contributed by atoms with van der Waals surface area (Å²) in [5.74, 6) is -1.89. The minimum atomic E-state index is -4.67. The number of hydrogen-bond donors (Lipinski definition) is 4. The fourth-order valence-electron chi connectivity index (χ4n) is 3.48. The van der Waals surface area contributed by atoms with Crippen LogP contribution in [-0.2, 0) is 27.9 Å². The second-order valence-corrected chi connectivity index (χ2v) is 10.4. The summed E-state index contributed by atoms with van der Waals surface area (Å²) in [6.07, 6.45) is 17.4. The number of esters is 1. The molecule has 11 heteroatoms. The molecule has 0 spiro atoms. The van der Waals surface area contributed by atoms with E-state index < -0.39 is 51.7 Å². The van der Waals surface area contributed by atoms with Gasteiger partial charge in [0, 0.05) is 6.42 Å². The Balaban J connectivity index is 3.69. The maximum absolute atomic E-state index is 11.8. The number of phosphoric acid groups is 1. The molecule has 0 bridgehead atoms. The Morgan fingerprint density at radius 2 is 1.29 bits per heavy atom. The lowest BCUT2D eigenvalue weighted by molar-refractivity contribution is -0.147. The zero-order valence-corrected chi connectivity index (χ0v) is 22.3.